The molecule has 1 amide bonds. The topological polar surface area (TPSA) is 90.9 Å². The van der Waals surface area contributed by atoms with Gasteiger partial charge < -0.3 is 19.1 Å². The van der Waals surface area contributed by atoms with Gasteiger partial charge in [-0.25, -0.2) is 4.79 Å². The summed E-state index contributed by atoms with van der Waals surface area (Å²) in [7, 11) is -0.954. The number of amides is 1. The molecule has 1 rings (SSSR count). The van der Waals surface area contributed by atoms with Crippen molar-refractivity contribution in [1.29, 1.82) is 0 Å². The summed E-state index contributed by atoms with van der Waals surface area (Å²) in [6.45, 7) is 7.27. The molecule has 0 aromatic carbocycles. The minimum absolute atomic E-state index is 0.110. The molecule has 0 spiro atoms. The van der Waals surface area contributed by atoms with Gasteiger partial charge in [-0.1, -0.05) is 12.2 Å². The lowest BCUT2D eigenvalue weighted by atomic mass is 9.99. The van der Waals surface area contributed by atoms with Gasteiger partial charge in [0.1, 0.15) is 11.3 Å². The van der Waals surface area contributed by atoms with Gasteiger partial charge in [-0.3, -0.25) is 9.36 Å². The molecule has 7 nitrogen and oxygen atoms in total. The maximum atomic E-state index is 12.3. The molecule has 1 unspecified atom stereocenters. The Morgan fingerprint density at radius 2 is 1.92 bits per heavy atom. The number of rotatable bonds is 7. The number of alkyl carbamates (subject to hydrolysis) is 1. The first-order valence-electron chi connectivity index (χ1n) is 8.14. The van der Waals surface area contributed by atoms with E-state index in [-0.39, 0.29) is 11.8 Å². The quantitative estimate of drug-likeness (QED) is 0.686. The maximum Gasteiger partial charge on any atom is 0.407 e. The van der Waals surface area contributed by atoms with Crippen LogP contribution in [0.4, 0.5) is 4.79 Å². The van der Waals surface area contributed by atoms with E-state index >= 15 is 0 Å². The van der Waals surface area contributed by atoms with Crippen LogP contribution in [-0.4, -0.2) is 43.4 Å². The third kappa shape index (κ3) is 6.77. The van der Waals surface area contributed by atoms with Gasteiger partial charge in [0.2, 0.25) is 0 Å². The number of ether oxygens (including phenoxy) is 1. The minimum atomic E-state index is -3.47. The normalized spacial score (nSPS) is 19.4. The molecule has 0 radical (unpaired) electrons. The molecular weight excluding hydrogens is 345 g/mol. The SMILES string of the molecule is COP(=O)(OC)[C@H]1C=CC(CCC(C)NC(=O)OC(C)(C)C)=CC1=O. The molecule has 0 fully saturated rings. The van der Waals surface area contributed by atoms with E-state index in [1.165, 1.54) is 20.3 Å². The van der Waals surface area contributed by atoms with Crippen LogP contribution < -0.4 is 5.32 Å². The lowest BCUT2D eigenvalue weighted by molar-refractivity contribution is -0.114. The zero-order valence-electron chi connectivity index (χ0n) is 15.7. The first kappa shape index (κ1) is 21.6. The smallest absolute Gasteiger partial charge is 0.407 e. The van der Waals surface area contributed by atoms with Gasteiger partial charge >= 0.3 is 13.7 Å². The average molecular weight is 373 g/mol. The number of allylic oxidation sites excluding steroid dienone is 4. The monoisotopic (exact) mass is 373 g/mol. The van der Waals surface area contributed by atoms with Crippen molar-refractivity contribution in [2.75, 3.05) is 14.2 Å². The first-order valence-corrected chi connectivity index (χ1v) is 9.75. The predicted octanol–water partition coefficient (Wildman–Crippen LogP) is 3.60. The number of carbonyl (C=O) groups is 2. The molecule has 0 aromatic rings. The highest BCUT2D eigenvalue weighted by Gasteiger charge is 2.38. The van der Waals surface area contributed by atoms with Crippen LogP contribution in [0.3, 0.4) is 0 Å². The third-order valence-corrected chi connectivity index (χ3v) is 5.72. The van der Waals surface area contributed by atoms with E-state index in [0.29, 0.717) is 12.8 Å². The summed E-state index contributed by atoms with van der Waals surface area (Å²) in [4.78, 5) is 23.9. The number of carbonyl (C=O) groups excluding carboxylic acids is 2. The number of hydrogen-bond acceptors (Lipinski definition) is 6. The van der Waals surface area contributed by atoms with Crippen molar-refractivity contribution in [3.63, 3.8) is 0 Å². The minimum Gasteiger partial charge on any atom is -0.444 e. The molecule has 8 heteroatoms. The van der Waals surface area contributed by atoms with Crippen molar-refractivity contribution in [2.24, 2.45) is 0 Å². The standard InChI is InChI=1S/C17H28NO6P/c1-12(18-16(20)24-17(2,3)4)7-8-13-9-10-15(14(19)11-13)25(21,22-5)23-6/h9-12,15H,7-8H2,1-6H3,(H,18,20)/t12?,15-/m0/s1. The number of ketones is 1. The van der Waals surface area contributed by atoms with Crippen LogP contribution in [0.15, 0.2) is 23.8 Å². The highest BCUT2D eigenvalue weighted by atomic mass is 31.2. The second kappa shape index (κ2) is 8.79. The van der Waals surface area contributed by atoms with Gasteiger partial charge in [0.25, 0.3) is 0 Å². The van der Waals surface area contributed by atoms with Crippen molar-refractivity contribution in [2.45, 2.75) is 57.8 Å². The van der Waals surface area contributed by atoms with E-state index in [2.05, 4.69) is 5.32 Å². The molecule has 0 bridgehead atoms. The van der Waals surface area contributed by atoms with Crippen molar-refractivity contribution in [3.8, 4) is 0 Å². The van der Waals surface area contributed by atoms with Crippen LogP contribution in [0.1, 0.15) is 40.5 Å². The van der Waals surface area contributed by atoms with E-state index in [4.69, 9.17) is 13.8 Å². The summed E-state index contributed by atoms with van der Waals surface area (Å²) >= 11 is 0. The van der Waals surface area contributed by atoms with Crippen LogP contribution in [-0.2, 0) is 23.1 Å². The van der Waals surface area contributed by atoms with Crippen LogP contribution >= 0.6 is 7.60 Å². The first-order chi connectivity index (χ1) is 11.5. The molecule has 25 heavy (non-hydrogen) atoms. The van der Waals surface area contributed by atoms with Crippen LogP contribution in [0.2, 0.25) is 0 Å². The van der Waals surface area contributed by atoms with E-state index < -0.39 is 24.9 Å². The molecule has 0 aromatic heterocycles. The molecule has 142 valence electrons. The Labute approximate surface area is 149 Å². The number of hydrogen-bond donors (Lipinski definition) is 1. The largest absolute Gasteiger partial charge is 0.444 e. The van der Waals surface area contributed by atoms with E-state index in [1.807, 2.05) is 6.92 Å². The second-order valence-corrected chi connectivity index (χ2v) is 9.28. The van der Waals surface area contributed by atoms with Gasteiger partial charge in [-0.2, -0.15) is 0 Å². The Bertz CT molecular complexity index is 597. The fourth-order valence-electron chi connectivity index (χ4n) is 2.31. The Kier molecular flexibility index (Phi) is 7.60. The second-order valence-electron chi connectivity index (χ2n) is 6.92. The van der Waals surface area contributed by atoms with Crippen molar-refractivity contribution >= 4 is 19.5 Å². The van der Waals surface area contributed by atoms with E-state index in [0.717, 1.165) is 5.57 Å². The van der Waals surface area contributed by atoms with E-state index in [9.17, 15) is 14.2 Å². The van der Waals surface area contributed by atoms with Crippen LogP contribution in [0.5, 0.6) is 0 Å². The number of nitrogens with one attached hydrogen (secondary N) is 1. The zero-order chi connectivity index (χ0) is 19.3. The zero-order valence-corrected chi connectivity index (χ0v) is 16.6. The summed E-state index contributed by atoms with van der Waals surface area (Å²) in [5.41, 5.74) is -0.655. The van der Waals surface area contributed by atoms with Gasteiger partial charge in [0, 0.05) is 20.3 Å². The van der Waals surface area contributed by atoms with Crippen molar-refractivity contribution < 1.29 is 27.9 Å². The molecule has 1 aliphatic carbocycles. The van der Waals surface area contributed by atoms with Gasteiger partial charge in [-0.05, 0) is 52.2 Å². The lowest BCUT2D eigenvalue weighted by Crippen LogP contribution is -2.37. The Balaban J connectivity index is 2.55. The Morgan fingerprint density at radius 3 is 2.40 bits per heavy atom. The molecular formula is C17H28NO6P. The highest BCUT2D eigenvalue weighted by Crippen LogP contribution is 2.53. The third-order valence-electron chi connectivity index (χ3n) is 3.59. The fourth-order valence-corrected chi connectivity index (χ4v) is 3.59. The van der Waals surface area contributed by atoms with Crippen LogP contribution in [0, 0.1) is 0 Å². The summed E-state index contributed by atoms with van der Waals surface area (Å²) in [6, 6.07) is -0.110. The summed E-state index contributed by atoms with van der Waals surface area (Å²) in [5, 5.41) is 2.76. The maximum absolute atomic E-state index is 12.3. The molecule has 1 N–H and O–H groups in total. The molecule has 1 aliphatic rings. The fraction of sp³-hybridized carbons (Fsp3) is 0.647. The van der Waals surface area contributed by atoms with Gasteiger partial charge in [0.05, 0.1) is 0 Å². The Morgan fingerprint density at radius 1 is 1.32 bits per heavy atom. The molecule has 0 heterocycles. The summed E-state index contributed by atoms with van der Waals surface area (Å²) in [6.07, 6.45) is 5.52. The molecule has 0 saturated heterocycles. The van der Waals surface area contributed by atoms with Crippen molar-refractivity contribution in [3.05, 3.63) is 23.8 Å². The lowest BCUT2D eigenvalue weighted by Gasteiger charge is -2.23. The van der Waals surface area contributed by atoms with Gasteiger partial charge in [0.15, 0.2) is 5.78 Å². The van der Waals surface area contributed by atoms with Crippen molar-refractivity contribution in [1.82, 2.24) is 5.32 Å². The Hall–Kier alpha value is -1.43. The molecule has 0 saturated carbocycles. The summed E-state index contributed by atoms with van der Waals surface area (Å²) in [5.74, 6) is -0.308. The molecule has 0 aliphatic heterocycles. The van der Waals surface area contributed by atoms with Gasteiger partial charge in [-0.15, -0.1) is 0 Å². The van der Waals surface area contributed by atoms with Crippen LogP contribution in [0.25, 0.3) is 0 Å². The highest BCUT2D eigenvalue weighted by molar-refractivity contribution is 7.56. The summed E-state index contributed by atoms with van der Waals surface area (Å²) < 4.78 is 27.3. The average Bonchev–Trinajstić information content (AvgIpc) is 2.50. The molecule has 2 atom stereocenters. The van der Waals surface area contributed by atoms with E-state index in [1.54, 1.807) is 32.9 Å². The predicted molar refractivity (Wildman–Crippen MR) is 95.7 cm³/mol.